The third-order valence-corrected chi connectivity index (χ3v) is 5.41. The standard InChI is InChI=1S/C22H20FN5OS/c1-14-20(15(2)28(26-14)18-7-5-4-6-8-18)25-21(29)19-13-24-22(30-3)27(19)17-11-9-16(23)10-12-17/h4-13H,1-3H3,(H,25,29). The zero-order chi connectivity index (χ0) is 21.3. The van der Waals surface area contributed by atoms with Gasteiger partial charge in [-0.2, -0.15) is 5.10 Å². The number of rotatable bonds is 5. The fraction of sp³-hybridized carbons (Fsp3) is 0.136. The molecule has 2 aromatic carbocycles. The maximum absolute atomic E-state index is 13.4. The van der Waals surface area contributed by atoms with E-state index in [-0.39, 0.29) is 11.7 Å². The van der Waals surface area contributed by atoms with Crippen LogP contribution in [0, 0.1) is 19.7 Å². The molecule has 0 radical (unpaired) electrons. The SMILES string of the molecule is CSc1ncc(C(=O)Nc2c(C)nn(-c3ccccc3)c2C)n1-c1ccc(F)cc1. The largest absolute Gasteiger partial charge is 0.317 e. The first-order chi connectivity index (χ1) is 14.5. The molecular formula is C22H20FN5OS. The first-order valence-electron chi connectivity index (χ1n) is 9.30. The topological polar surface area (TPSA) is 64.7 Å². The average molecular weight is 422 g/mol. The quantitative estimate of drug-likeness (QED) is 0.471. The van der Waals surface area contributed by atoms with Crippen LogP contribution in [0.1, 0.15) is 21.9 Å². The second-order valence-electron chi connectivity index (χ2n) is 6.69. The van der Waals surface area contributed by atoms with Crippen molar-refractivity contribution in [2.45, 2.75) is 19.0 Å². The maximum Gasteiger partial charge on any atom is 0.274 e. The van der Waals surface area contributed by atoms with Crippen molar-refractivity contribution < 1.29 is 9.18 Å². The Hall–Kier alpha value is -3.39. The molecular weight excluding hydrogens is 401 g/mol. The van der Waals surface area contributed by atoms with Crippen molar-refractivity contribution >= 4 is 23.4 Å². The Labute approximate surface area is 177 Å². The van der Waals surface area contributed by atoms with Gasteiger partial charge in [0, 0.05) is 5.69 Å². The van der Waals surface area contributed by atoms with Gasteiger partial charge in [0.05, 0.1) is 29.0 Å². The van der Waals surface area contributed by atoms with Crippen LogP contribution in [0.3, 0.4) is 0 Å². The van der Waals surface area contributed by atoms with Crippen LogP contribution in [0.5, 0.6) is 0 Å². The van der Waals surface area contributed by atoms with E-state index in [0.29, 0.717) is 27.9 Å². The summed E-state index contributed by atoms with van der Waals surface area (Å²) in [6, 6.07) is 15.7. The number of amides is 1. The van der Waals surface area contributed by atoms with Gasteiger partial charge in [-0.05, 0) is 56.5 Å². The van der Waals surface area contributed by atoms with Crippen molar-refractivity contribution in [3.63, 3.8) is 0 Å². The minimum Gasteiger partial charge on any atom is -0.317 e. The van der Waals surface area contributed by atoms with Crippen LogP contribution in [0.4, 0.5) is 10.1 Å². The summed E-state index contributed by atoms with van der Waals surface area (Å²) >= 11 is 1.41. The molecule has 8 heteroatoms. The van der Waals surface area contributed by atoms with E-state index in [9.17, 15) is 9.18 Å². The molecule has 4 aromatic rings. The summed E-state index contributed by atoms with van der Waals surface area (Å²) in [4.78, 5) is 17.5. The van der Waals surface area contributed by atoms with Crippen molar-refractivity contribution in [1.82, 2.24) is 19.3 Å². The molecule has 0 unspecified atom stereocenters. The monoisotopic (exact) mass is 421 g/mol. The lowest BCUT2D eigenvalue weighted by Crippen LogP contribution is -2.17. The van der Waals surface area contributed by atoms with Gasteiger partial charge < -0.3 is 5.32 Å². The van der Waals surface area contributed by atoms with Crippen molar-refractivity contribution in [1.29, 1.82) is 0 Å². The lowest BCUT2D eigenvalue weighted by atomic mass is 10.2. The first-order valence-corrected chi connectivity index (χ1v) is 10.5. The van der Waals surface area contributed by atoms with Crippen LogP contribution in [0.25, 0.3) is 11.4 Å². The number of hydrogen-bond acceptors (Lipinski definition) is 4. The van der Waals surface area contributed by atoms with Gasteiger partial charge in [0.1, 0.15) is 11.5 Å². The molecule has 0 fully saturated rings. The van der Waals surface area contributed by atoms with E-state index < -0.39 is 0 Å². The summed E-state index contributed by atoms with van der Waals surface area (Å²) < 4.78 is 16.9. The lowest BCUT2D eigenvalue weighted by Gasteiger charge is -2.12. The zero-order valence-electron chi connectivity index (χ0n) is 16.8. The number of aromatic nitrogens is 4. The molecule has 2 aromatic heterocycles. The number of aryl methyl sites for hydroxylation is 1. The molecule has 1 N–H and O–H groups in total. The molecule has 0 spiro atoms. The number of anilines is 1. The molecule has 0 aliphatic heterocycles. The average Bonchev–Trinajstić information content (AvgIpc) is 3.31. The summed E-state index contributed by atoms with van der Waals surface area (Å²) in [6.45, 7) is 3.76. The van der Waals surface area contributed by atoms with E-state index in [2.05, 4.69) is 15.4 Å². The van der Waals surface area contributed by atoms with Gasteiger partial charge >= 0.3 is 0 Å². The molecule has 152 valence electrons. The molecule has 30 heavy (non-hydrogen) atoms. The number of imidazole rings is 1. The van der Waals surface area contributed by atoms with Crippen LogP contribution in [-0.4, -0.2) is 31.5 Å². The molecule has 0 atom stereocenters. The number of nitrogens with one attached hydrogen (secondary N) is 1. The summed E-state index contributed by atoms with van der Waals surface area (Å²) in [5, 5.41) is 8.19. The number of hydrogen-bond donors (Lipinski definition) is 1. The van der Waals surface area contributed by atoms with Crippen molar-refractivity contribution in [2.75, 3.05) is 11.6 Å². The zero-order valence-corrected chi connectivity index (χ0v) is 17.6. The third kappa shape index (κ3) is 3.61. The number of para-hydroxylation sites is 1. The normalized spacial score (nSPS) is 10.9. The molecule has 0 aliphatic carbocycles. The maximum atomic E-state index is 13.4. The molecule has 6 nitrogen and oxygen atoms in total. The third-order valence-electron chi connectivity index (χ3n) is 4.76. The molecule has 0 aliphatic rings. The molecule has 0 saturated heterocycles. The second-order valence-corrected chi connectivity index (χ2v) is 7.46. The first kappa shape index (κ1) is 19.9. The van der Waals surface area contributed by atoms with Gasteiger partial charge in [-0.1, -0.05) is 30.0 Å². The van der Waals surface area contributed by atoms with E-state index in [0.717, 1.165) is 11.4 Å². The smallest absolute Gasteiger partial charge is 0.274 e. The Morgan fingerprint density at radius 1 is 1.03 bits per heavy atom. The van der Waals surface area contributed by atoms with Gasteiger partial charge in [-0.3, -0.25) is 9.36 Å². The highest BCUT2D eigenvalue weighted by Gasteiger charge is 2.21. The highest BCUT2D eigenvalue weighted by atomic mass is 32.2. The molecule has 2 heterocycles. The van der Waals surface area contributed by atoms with Crippen molar-refractivity contribution in [3.05, 3.63) is 83.7 Å². The Kier molecular flexibility index (Phi) is 5.41. The summed E-state index contributed by atoms with van der Waals surface area (Å²) in [6.07, 6.45) is 3.40. The van der Waals surface area contributed by atoms with Gasteiger partial charge in [-0.25, -0.2) is 14.1 Å². The van der Waals surface area contributed by atoms with E-state index in [4.69, 9.17) is 0 Å². The van der Waals surface area contributed by atoms with Crippen LogP contribution >= 0.6 is 11.8 Å². The van der Waals surface area contributed by atoms with E-state index in [1.807, 2.05) is 50.4 Å². The number of halogens is 1. The van der Waals surface area contributed by atoms with Gasteiger partial charge in [0.2, 0.25) is 0 Å². The fourth-order valence-corrected chi connectivity index (χ4v) is 3.84. The van der Waals surface area contributed by atoms with Gasteiger partial charge in [0.15, 0.2) is 5.16 Å². The minimum absolute atomic E-state index is 0.314. The van der Waals surface area contributed by atoms with E-state index in [1.165, 1.54) is 30.1 Å². The van der Waals surface area contributed by atoms with E-state index >= 15 is 0 Å². The Balaban J connectivity index is 1.70. The van der Waals surface area contributed by atoms with E-state index in [1.54, 1.807) is 21.4 Å². The highest BCUT2D eigenvalue weighted by molar-refractivity contribution is 7.98. The number of nitrogens with zero attached hydrogens (tertiary/aromatic N) is 4. The second kappa shape index (κ2) is 8.16. The summed E-state index contributed by atoms with van der Waals surface area (Å²) in [7, 11) is 0. The van der Waals surface area contributed by atoms with Crippen LogP contribution in [0.15, 0.2) is 66.0 Å². The van der Waals surface area contributed by atoms with Gasteiger partial charge in [0.25, 0.3) is 5.91 Å². The van der Waals surface area contributed by atoms with Crippen LogP contribution < -0.4 is 5.32 Å². The van der Waals surface area contributed by atoms with Crippen LogP contribution in [-0.2, 0) is 0 Å². The minimum atomic E-state index is -0.338. The Morgan fingerprint density at radius 2 is 1.73 bits per heavy atom. The predicted molar refractivity (Wildman–Crippen MR) is 116 cm³/mol. The highest BCUT2D eigenvalue weighted by Crippen LogP contribution is 2.26. The molecule has 4 rings (SSSR count). The Bertz CT molecular complexity index is 1200. The summed E-state index contributed by atoms with van der Waals surface area (Å²) in [5.74, 6) is -0.652. The number of thioether (sulfide) groups is 1. The van der Waals surface area contributed by atoms with Crippen molar-refractivity contribution in [3.8, 4) is 11.4 Å². The fourth-order valence-electron chi connectivity index (χ4n) is 3.30. The number of carbonyl (C=O) groups excluding carboxylic acids is 1. The molecule has 0 bridgehead atoms. The van der Waals surface area contributed by atoms with Crippen molar-refractivity contribution in [2.24, 2.45) is 0 Å². The van der Waals surface area contributed by atoms with Crippen LogP contribution in [0.2, 0.25) is 0 Å². The lowest BCUT2D eigenvalue weighted by molar-refractivity contribution is 0.102. The molecule has 1 amide bonds. The number of carbonyl (C=O) groups is 1. The summed E-state index contributed by atoms with van der Waals surface area (Å²) in [5.41, 5.74) is 4.13. The van der Waals surface area contributed by atoms with Gasteiger partial charge in [-0.15, -0.1) is 0 Å². The molecule has 0 saturated carbocycles. The Morgan fingerprint density at radius 3 is 2.40 bits per heavy atom. The predicted octanol–water partition coefficient (Wildman–Crippen LogP) is 4.79. The number of benzene rings is 2.